The first-order valence-electron chi connectivity index (χ1n) is 8.93. The van der Waals surface area contributed by atoms with E-state index in [1.165, 1.54) is 35.6 Å². The minimum absolute atomic E-state index is 0.110. The van der Waals surface area contributed by atoms with Gasteiger partial charge in [0, 0.05) is 28.6 Å². The lowest BCUT2D eigenvalue weighted by Crippen LogP contribution is -2.15. The van der Waals surface area contributed by atoms with Crippen LogP contribution in [-0.4, -0.2) is 30.5 Å². The van der Waals surface area contributed by atoms with Gasteiger partial charge in [0.1, 0.15) is 16.3 Å². The molecule has 1 N–H and O–H groups in total. The maximum Gasteiger partial charge on any atom is 0.341 e. The summed E-state index contributed by atoms with van der Waals surface area (Å²) in [6.07, 6.45) is 0. The van der Waals surface area contributed by atoms with Crippen LogP contribution < -0.4 is 10.1 Å². The molecule has 0 saturated carbocycles. The SMILES string of the molecule is CCOC(=O)c1c(-c2ccc(OC)cc2)csc1NC(=O)c1cccc([N+](=O)[O-])c1. The molecule has 154 valence electrons. The van der Waals surface area contributed by atoms with Crippen LogP contribution >= 0.6 is 11.3 Å². The predicted molar refractivity (Wildman–Crippen MR) is 113 cm³/mol. The Balaban J connectivity index is 1.97. The Morgan fingerprint density at radius 2 is 1.90 bits per heavy atom. The van der Waals surface area contributed by atoms with Gasteiger partial charge < -0.3 is 14.8 Å². The molecule has 1 amide bonds. The van der Waals surface area contributed by atoms with E-state index >= 15 is 0 Å². The van der Waals surface area contributed by atoms with Crippen LogP contribution in [0.5, 0.6) is 5.75 Å². The van der Waals surface area contributed by atoms with Crippen molar-refractivity contribution in [3.05, 3.63) is 75.2 Å². The van der Waals surface area contributed by atoms with Crippen LogP contribution in [0.15, 0.2) is 53.9 Å². The molecule has 0 aliphatic heterocycles. The largest absolute Gasteiger partial charge is 0.497 e. The first-order valence-corrected chi connectivity index (χ1v) is 9.81. The monoisotopic (exact) mass is 426 g/mol. The van der Waals surface area contributed by atoms with Crippen LogP contribution in [0, 0.1) is 10.1 Å². The van der Waals surface area contributed by atoms with Crippen molar-refractivity contribution in [2.75, 3.05) is 19.0 Å². The summed E-state index contributed by atoms with van der Waals surface area (Å²) < 4.78 is 10.3. The molecule has 0 aliphatic carbocycles. The third-order valence-electron chi connectivity index (χ3n) is 4.22. The summed E-state index contributed by atoms with van der Waals surface area (Å²) in [5, 5.41) is 15.7. The van der Waals surface area contributed by atoms with Gasteiger partial charge in [0.05, 0.1) is 18.6 Å². The lowest BCUT2D eigenvalue weighted by molar-refractivity contribution is -0.384. The van der Waals surface area contributed by atoms with E-state index in [4.69, 9.17) is 9.47 Å². The van der Waals surface area contributed by atoms with E-state index in [9.17, 15) is 19.7 Å². The Labute approximate surface area is 176 Å². The number of esters is 1. The van der Waals surface area contributed by atoms with Gasteiger partial charge in [-0.25, -0.2) is 4.79 Å². The zero-order valence-electron chi connectivity index (χ0n) is 16.2. The summed E-state index contributed by atoms with van der Waals surface area (Å²) in [6, 6.07) is 12.5. The van der Waals surface area contributed by atoms with E-state index in [2.05, 4.69) is 5.32 Å². The van der Waals surface area contributed by atoms with Gasteiger partial charge in [-0.3, -0.25) is 14.9 Å². The molecule has 0 atom stereocenters. The molecule has 2 aromatic carbocycles. The van der Waals surface area contributed by atoms with Crippen molar-refractivity contribution < 1.29 is 24.0 Å². The van der Waals surface area contributed by atoms with Crippen LogP contribution in [0.25, 0.3) is 11.1 Å². The average Bonchev–Trinajstić information content (AvgIpc) is 3.17. The summed E-state index contributed by atoms with van der Waals surface area (Å²) in [5.74, 6) is -0.461. The molecule has 3 rings (SSSR count). The fourth-order valence-electron chi connectivity index (χ4n) is 2.77. The number of nitro groups is 1. The summed E-state index contributed by atoms with van der Waals surface area (Å²) in [5.41, 5.74) is 1.50. The number of ether oxygens (including phenoxy) is 2. The maximum atomic E-state index is 12.7. The highest BCUT2D eigenvalue weighted by atomic mass is 32.1. The van der Waals surface area contributed by atoms with Crippen molar-refractivity contribution in [1.82, 2.24) is 0 Å². The molecule has 30 heavy (non-hydrogen) atoms. The second-order valence-corrected chi connectivity index (χ2v) is 6.94. The molecule has 0 spiro atoms. The van der Waals surface area contributed by atoms with Crippen molar-refractivity contribution >= 4 is 33.9 Å². The molecule has 0 aliphatic rings. The molecule has 0 unspecified atom stereocenters. The van der Waals surface area contributed by atoms with E-state index in [0.717, 1.165) is 5.56 Å². The quantitative estimate of drug-likeness (QED) is 0.331. The number of nitro benzene ring substituents is 1. The van der Waals surface area contributed by atoms with Crippen LogP contribution in [0.2, 0.25) is 0 Å². The third-order valence-corrected chi connectivity index (χ3v) is 5.11. The fourth-order valence-corrected chi connectivity index (χ4v) is 3.73. The normalized spacial score (nSPS) is 10.3. The number of nitrogens with zero attached hydrogens (tertiary/aromatic N) is 1. The number of carbonyl (C=O) groups excluding carboxylic acids is 2. The third kappa shape index (κ3) is 4.47. The fraction of sp³-hybridized carbons (Fsp3) is 0.143. The molecule has 0 saturated heterocycles. The highest BCUT2D eigenvalue weighted by Crippen LogP contribution is 2.37. The van der Waals surface area contributed by atoms with E-state index in [-0.39, 0.29) is 23.4 Å². The number of hydrogen-bond acceptors (Lipinski definition) is 7. The van der Waals surface area contributed by atoms with Crippen LogP contribution in [-0.2, 0) is 4.74 Å². The zero-order valence-corrected chi connectivity index (χ0v) is 17.0. The van der Waals surface area contributed by atoms with Crippen molar-refractivity contribution in [3.63, 3.8) is 0 Å². The molecule has 1 aromatic heterocycles. The Kier molecular flexibility index (Phi) is 6.43. The van der Waals surface area contributed by atoms with Crippen molar-refractivity contribution in [2.24, 2.45) is 0 Å². The molecule has 0 fully saturated rings. The van der Waals surface area contributed by atoms with E-state index < -0.39 is 16.8 Å². The highest BCUT2D eigenvalue weighted by molar-refractivity contribution is 7.15. The molecule has 0 bridgehead atoms. The first kappa shape index (κ1) is 21.0. The Morgan fingerprint density at radius 1 is 1.17 bits per heavy atom. The average molecular weight is 426 g/mol. The Morgan fingerprint density at radius 3 is 2.53 bits per heavy atom. The summed E-state index contributed by atoms with van der Waals surface area (Å²) in [7, 11) is 1.56. The second kappa shape index (κ2) is 9.19. The number of nitrogens with one attached hydrogen (secondary N) is 1. The van der Waals surface area contributed by atoms with E-state index in [1.807, 2.05) is 0 Å². The number of thiophene rings is 1. The first-order chi connectivity index (χ1) is 14.4. The number of methoxy groups -OCH3 is 1. The van der Waals surface area contributed by atoms with E-state index in [0.29, 0.717) is 16.3 Å². The number of hydrogen-bond donors (Lipinski definition) is 1. The van der Waals surface area contributed by atoms with Gasteiger partial charge in [-0.15, -0.1) is 11.3 Å². The minimum Gasteiger partial charge on any atom is -0.497 e. The van der Waals surface area contributed by atoms with Crippen LogP contribution in [0.3, 0.4) is 0 Å². The van der Waals surface area contributed by atoms with Gasteiger partial charge in [0.15, 0.2) is 0 Å². The van der Waals surface area contributed by atoms with Crippen molar-refractivity contribution in [1.29, 1.82) is 0 Å². The van der Waals surface area contributed by atoms with Gasteiger partial charge in [-0.05, 0) is 30.7 Å². The maximum absolute atomic E-state index is 12.7. The number of anilines is 1. The lowest BCUT2D eigenvalue weighted by atomic mass is 10.0. The number of rotatable bonds is 7. The number of non-ortho nitro benzene ring substituents is 1. The van der Waals surface area contributed by atoms with Crippen LogP contribution in [0.1, 0.15) is 27.6 Å². The molecule has 3 aromatic rings. The molecule has 0 radical (unpaired) electrons. The van der Waals surface area contributed by atoms with Gasteiger partial charge in [0.2, 0.25) is 0 Å². The summed E-state index contributed by atoms with van der Waals surface area (Å²) in [6.45, 7) is 1.87. The molecule has 1 heterocycles. The minimum atomic E-state index is -0.576. The summed E-state index contributed by atoms with van der Waals surface area (Å²) >= 11 is 1.17. The molecule has 8 nitrogen and oxygen atoms in total. The molecule has 9 heteroatoms. The Hall–Kier alpha value is -3.72. The highest BCUT2D eigenvalue weighted by Gasteiger charge is 2.23. The second-order valence-electron chi connectivity index (χ2n) is 6.06. The van der Waals surface area contributed by atoms with Crippen LogP contribution in [0.4, 0.5) is 10.7 Å². The smallest absolute Gasteiger partial charge is 0.341 e. The van der Waals surface area contributed by atoms with E-state index in [1.54, 1.807) is 43.7 Å². The zero-order chi connectivity index (χ0) is 21.7. The molecular formula is C21H18N2O6S. The van der Waals surface area contributed by atoms with Gasteiger partial charge >= 0.3 is 5.97 Å². The lowest BCUT2D eigenvalue weighted by Gasteiger charge is -2.09. The summed E-state index contributed by atoms with van der Waals surface area (Å²) in [4.78, 5) is 35.7. The van der Waals surface area contributed by atoms with Gasteiger partial charge in [-0.2, -0.15) is 0 Å². The number of carbonyl (C=O) groups is 2. The number of benzene rings is 2. The predicted octanol–water partition coefficient (Wildman–Crippen LogP) is 4.76. The van der Waals surface area contributed by atoms with Gasteiger partial charge in [-0.1, -0.05) is 18.2 Å². The topological polar surface area (TPSA) is 108 Å². The molecular weight excluding hydrogens is 408 g/mol. The Bertz CT molecular complexity index is 1090. The standard InChI is InChI=1S/C21H18N2O6S/c1-3-29-21(25)18-17(13-7-9-16(28-2)10-8-13)12-30-20(18)22-19(24)14-5-4-6-15(11-14)23(26)27/h4-12H,3H2,1-2H3,(H,22,24). The van der Waals surface area contributed by atoms with Gasteiger partial charge in [0.25, 0.3) is 11.6 Å². The van der Waals surface area contributed by atoms with Crippen molar-refractivity contribution in [2.45, 2.75) is 6.92 Å². The van der Waals surface area contributed by atoms with Crippen molar-refractivity contribution in [3.8, 4) is 16.9 Å². The number of amides is 1.